The zero-order valence-electron chi connectivity index (χ0n) is 9.04. The lowest BCUT2D eigenvalue weighted by Crippen LogP contribution is -2.06. The zero-order valence-corrected chi connectivity index (χ0v) is 9.04. The van der Waals surface area contributed by atoms with Gasteiger partial charge in [-0.3, -0.25) is 10.1 Å². The van der Waals surface area contributed by atoms with E-state index in [0.717, 1.165) is 5.56 Å². The fourth-order valence-electron chi connectivity index (χ4n) is 1.88. The number of hydrogen-bond acceptors (Lipinski definition) is 3. The van der Waals surface area contributed by atoms with E-state index in [1.807, 2.05) is 18.2 Å². The summed E-state index contributed by atoms with van der Waals surface area (Å²) in [4.78, 5) is 10.4. The molecule has 0 aliphatic heterocycles. The second kappa shape index (κ2) is 4.62. The number of allylic oxidation sites excluding steroid dienone is 3. The van der Waals surface area contributed by atoms with Crippen molar-refractivity contribution in [3.8, 4) is 6.07 Å². The van der Waals surface area contributed by atoms with Crippen molar-refractivity contribution in [3.05, 3.63) is 69.4 Å². The minimum Gasteiger partial charge on any atom is -0.259 e. The fourth-order valence-corrected chi connectivity index (χ4v) is 1.88. The van der Waals surface area contributed by atoms with Crippen LogP contribution >= 0.6 is 0 Å². The maximum Gasteiger partial charge on any atom is 0.246 e. The van der Waals surface area contributed by atoms with Gasteiger partial charge in [0.05, 0.1) is 23.0 Å². The summed E-state index contributed by atoms with van der Waals surface area (Å²) in [5.41, 5.74) is 1.55. The summed E-state index contributed by atoms with van der Waals surface area (Å²) in [6.07, 6.45) is 5.62. The second-order valence-electron chi connectivity index (χ2n) is 3.77. The molecule has 0 bridgehead atoms. The highest BCUT2D eigenvalue weighted by Crippen LogP contribution is 2.28. The highest BCUT2D eigenvalue weighted by atomic mass is 16.6. The second-order valence-corrected chi connectivity index (χ2v) is 3.77. The van der Waals surface area contributed by atoms with Crippen molar-refractivity contribution in [2.24, 2.45) is 0 Å². The largest absolute Gasteiger partial charge is 0.259 e. The van der Waals surface area contributed by atoms with Gasteiger partial charge in [-0.2, -0.15) is 5.26 Å². The quantitative estimate of drug-likeness (QED) is 0.442. The maximum atomic E-state index is 10.7. The standard InChI is InChI=1S/C13H10N2O2/c14-9-11-4-1-2-7-13(11)10-5-3-6-12(8-10)15(16)17/h1-5,7-8,10H,6H2. The molecule has 0 amide bonds. The van der Waals surface area contributed by atoms with Gasteiger partial charge in [-0.25, -0.2) is 0 Å². The van der Waals surface area contributed by atoms with Crippen molar-refractivity contribution in [1.29, 1.82) is 5.26 Å². The summed E-state index contributed by atoms with van der Waals surface area (Å²) < 4.78 is 0. The molecule has 4 nitrogen and oxygen atoms in total. The lowest BCUT2D eigenvalue weighted by Gasteiger charge is -2.13. The number of nitriles is 1. The molecule has 84 valence electrons. The van der Waals surface area contributed by atoms with Gasteiger partial charge in [0.1, 0.15) is 0 Å². The van der Waals surface area contributed by atoms with Crippen molar-refractivity contribution in [3.63, 3.8) is 0 Å². The van der Waals surface area contributed by atoms with E-state index < -0.39 is 0 Å². The van der Waals surface area contributed by atoms with E-state index in [1.165, 1.54) is 0 Å². The van der Waals surface area contributed by atoms with Crippen molar-refractivity contribution in [2.75, 3.05) is 0 Å². The molecule has 0 heterocycles. The molecule has 0 aromatic heterocycles. The Hall–Kier alpha value is -2.41. The first-order chi connectivity index (χ1) is 8.22. The highest BCUT2D eigenvalue weighted by molar-refractivity contribution is 5.44. The molecule has 0 fully saturated rings. The van der Waals surface area contributed by atoms with Crippen LogP contribution in [0.1, 0.15) is 23.5 Å². The molecule has 0 spiro atoms. The summed E-state index contributed by atoms with van der Waals surface area (Å²) >= 11 is 0. The third kappa shape index (κ3) is 2.23. The molecular weight excluding hydrogens is 216 g/mol. The molecule has 17 heavy (non-hydrogen) atoms. The molecule has 0 saturated heterocycles. The SMILES string of the molecule is N#Cc1ccccc1C1C=CCC([N+](=O)[O-])=C1. The van der Waals surface area contributed by atoms with Crippen LogP contribution in [0.15, 0.2) is 48.2 Å². The molecule has 1 aliphatic rings. The molecule has 0 radical (unpaired) electrons. The molecule has 1 atom stereocenters. The van der Waals surface area contributed by atoms with Crippen molar-refractivity contribution < 1.29 is 4.92 Å². The van der Waals surface area contributed by atoms with Gasteiger partial charge < -0.3 is 0 Å². The molecule has 1 aromatic carbocycles. The molecule has 1 unspecified atom stereocenters. The summed E-state index contributed by atoms with van der Waals surface area (Å²) in [5.74, 6) is -0.181. The van der Waals surface area contributed by atoms with Gasteiger partial charge in [0.2, 0.25) is 5.70 Å². The minimum absolute atomic E-state index is 0.181. The van der Waals surface area contributed by atoms with Gasteiger partial charge in [-0.05, 0) is 11.6 Å². The van der Waals surface area contributed by atoms with Crippen molar-refractivity contribution >= 4 is 0 Å². The summed E-state index contributed by atoms with van der Waals surface area (Å²) in [7, 11) is 0. The van der Waals surface area contributed by atoms with Crippen LogP contribution in [-0.4, -0.2) is 4.92 Å². The van der Waals surface area contributed by atoms with Crippen molar-refractivity contribution in [2.45, 2.75) is 12.3 Å². The van der Waals surface area contributed by atoms with Gasteiger partial charge in [0.25, 0.3) is 0 Å². The first kappa shape index (κ1) is 11.1. The highest BCUT2D eigenvalue weighted by Gasteiger charge is 2.19. The van der Waals surface area contributed by atoms with Crippen LogP contribution in [0.5, 0.6) is 0 Å². The fraction of sp³-hybridized carbons (Fsp3) is 0.154. The third-order valence-electron chi connectivity index (χ3n) is 2.72. The third-order valence-corrected chi connectivity index (χ3v) is 2.72. The van der Waals surface area contributed by atoms with Crippen LogP contribution in [0.25, 0.3) is 0 Å². The summed E-state index contributed by atoms with van der Waals surface area (Å²) in [6.45, 7) is 0. The van der Waals surface area contributed by atoms with Crippen LogP contribution in [0, 0.1) is 21.4 Å². The Balaban J connectivity index is 2.41. The monoisotopic (exact) mass is 226 g/mol. The Morgan fingerprint density at radius 2 is 2.18 bits per heavy atom. The average Bonchev–Trinajstić information content (AvgIpc) is 2.39. The van der Waals surface area contributed by atoms with E-state index in [1.54, 1.807) is 24.3 Å². The van der Waals surface area contributed by atoms with Gasteiger partial charge >= 0.3 is 0 Å². The van der Waals surface area contributed by atoms with Crippen LogP contribution in [-0.2, 0) is 0 Å². The van der Waals surface area contributed by atoms with E-state index in [0.29, 0.717) is 12.0 Å². The Bertz CT molecular complexity index is 553. The first-order valence-corrected chi connectivity index (χ1v) is 5.23. The average molecular weight is 226 g/mol. The number of hydrogen-bond donors (Lipinski definition) is 0. The number of rotatable bonds is 2. The van der Waals surface area contributed by atoms with Crippen LogP contribution < -0.4 is 0 Å². The predicted molar refractivity (Wildman–Crippen MR) is 62.7 cm³/mol. The normalized spacial score (nSPS) is 18.3. The van der Waals surface area contributed by atoms with Gasteiger partial charge in [-0.1, -0.05) is 30.4 Å². The van der Waals surface area contributed by atoms with Gasteiger partial charge in [0.15, 0.2) is 0 Å². The van der Waals surface area contributed by atoms with Crippen molar-refractivity contribution in [1.82, 2.24) is 0 Å². The molecule has 4 heteroatoms. The van der Waals surface area contributed by atoms with E-state index in [-0.39, 0.29) is 16.5 Å². The van der Waals surface area contributed by atoms with Crippen LogP contribution in [0.3, 0.4) is 0 Å². The van der Waals surface area contributed by atoms with E-state index in [4.69, 9.17) is 5.26 Å². The van der Waals surface area contributed by atoms with E-state index >= 15 is 0 Å². The predicted octanol–water partition coefficient (Wildman–Crippen LogP) is 2.76. The van der Waals surface area contributed by atoms with Crippen LogP contribution in [0.2, 0.25) is 0 Å². The molecular formula is C13H10N2O2. The molecule has 1 aliphatic carbocycles. The van der Waals surface area contributed by atoms with E-state index in [9.17, 15) is 10.1 Å². The minimum atomic E-state index is -0.370. The number of nitro groups is 1. The Morgan fingerprint density at radius 3 is 2.88 bits per heavy atom. The molecule has 0 N–H and O–H groups in total. The van der Waals surface area contributed by atoms with Gasteiger partial charge in [-0.15, -0.1) is 0 Å². The van der Waals surface area contributed by atoms with Gasteiger partial charge in [0, 0.05) is 12.0 Å². The van der Waals surface area contributed by atoms with Crippen LogP contribution in [0.4, 0.5) is 0 Å². The Morgan fingerprint density at radius 1 is 1.41 bits per heavy atom. The maximum absolute atomic E-state index is 10.7. The number of nitrogens with zero attached hydrogens (tertiary/aromatic N) is 2. The topological polar surface area (TPSA) is 66.9 Å². The zero-order chi connectivity index (χ0) is 12.3. The first-order valence-electron chi connectivity index (χ1n) is 5.23. The Kier molecular flexibility index (Phi) is 3.01. The molecule has 2 rings (SSSR count). The summed E-state index contributed by atoms with van der Waals surface area (Å²) in [6, 6.07) is 9.27. The molecule has 1 aromatic rings. The van der Waals surface area contributed by atoms with E-state index in [2.05, 4.69) is 6.07 Å². The number of benzene rings is 1. The lowest BCUT2D eigenvalue weighted by molar-refractivity contribution is -0.427. The molecule has 0 saturated carbocycles. The lowest BCUT2D eigenvalue weighted by atomic mass is 9.90. The Labute approximate surface area is 98.6 Å². The summed E-state index contributed by atoms with van der Waals surface area (Å²) in [5, 5.41) is 19.7. The smallest absolute Gasteiger partial charge is 0.246 e.